The molecule has 0 aromatic heterocycles. The Morgan fingerprint density at radius 2 is 1.16 bits per heavy atom. The molecule has 0 spiro atoms. The number of nitrogens with two attached hydrogens (primary N) is 2. The molecule has 0 aliphatic heterocycles. The molecule has 31 heavy (non-hydrogen) atoms. The molecule has 4 aromatic carbocycles. The van der Waals surface area contributed by atoms with E-state index in [-0.39, 0.29) is 0 Å². The van der Waals surface area contributed by atoms with Crippen LogP contribution < -0.4 is 20.9 Å². The van der Waals surface area contributed by atoms with Gasteiger partial charge in [0.15, 0.2) is 0 Å². The number of ether oxygens (including phenoxy) is 2. The van der Waals surface area contributed by atoms with Crippen LogP contribution in [0.1, 0.15) is 5.56 Å². The van der Waals surface area contributed by atoms with Crippen molar-refractivity contribution >= 4 is 34.9 Å². The fourth-order valence-corrected chi connectivity index (χ4v) is 2.97. The van der Waals surface area contributed by atoms with Gasteiger partial charge in [-0.3, -0.25) is 4.99 Å². The summed E-state index contributed by atoms with van der Waals surface area (Å²) in [6, 6.07) is 27.4. The number of halogens is 1. The van der Waals surface area contributed by atoms with E-state index in [1.165, 1.54) is 0 Å². The van der Waals surface area contributed by atoms with Crippen molar-refractivity contribution < 1.29 is 9.47 Å². The van der Waals surface area contributed by atoms with Crippen LogP contribution in [-0.4, -0.2) is 6.21 Å². The van der Waals surface area contributed by atoms with E-state index in [0.29, 0.717) is 27.9 Å². The van der Waals surface area contributed by atoms with Crippen LogP contribution in [0.5, 0.6) is 23.0 Å². The Kier molecular flexibility index (Phi) is 6.05. The maximum Gasteiger partial charge on any atom is 0.146 e. The van der Waals surface area contributed by atoms with Crippen molar-refractivity contribution in [2.75, 3.05) is 11.5 Å². The van der Waals surface area contributed by atoms with E-state index >= 15 is 0 Å². The summed E-state index contributed by atoms with van der Waals surface area (Å²) in [4.78, 5) is 4.48. The monoisotopic (exact) mass is 429 g/mol. The maximum atomic E-state index is 6.35. The normalized spacial score (nSPS) is 10.9. The molecule has 4 rings (SSSR count). The predicted octanol–water partition coefficient (Wildman–Crippen LogP) is 6.84. The van der Waals surface area contributed by atoms with Gasteiger partial charge in [-0.1, -0.05) is 11.6 Å². The van der Waals surface area contributed by atoms with E-state index in [4.69, 9.17) is 32.5 Å². The molecule has 0 aliphatic rings. The van der Waals surface area contributed by atoms with Gasteiger partial charge in [-0.15, -0.1) is 0 Å². The first-order valence-electron chi connectivity index (χ1n) is 9.56. The standard InChI is InChI=1S/C25H20ClN3O2/c26-24-15-20(7-14-25(24)31-23-12-5-19(28)6-13-23)29-16-17-1-8-21(9-2-17)30-22-10-3-18(27)4-11-22/h1-16H,27-28H2. The number of aliphatic imine (C=N–C) groups is 1. The van der Waals surface area contributed by atoms with Crippen LogP contribution >= 0.6 is 11.6 Å². The zero-order valence-electron chi connectivity index (χ0n) is 16.5. The van der Waals surface area contributed by atoms with Crippen LogP contribution in [-0.2, 0) is 0 Å². The van der Waals surface area contributed by atoms with Crippen LogP contribution in [0.4, 0.5) is 17.1 Å². The smallest absolute Gasteiger partial charge is 0.146 e. The predicted molar refractivity (Wildman–Crippen MR) is 127 cm³/mol. The number of nitrogen functional groups attached to an aromatic ring is 2. The second-order valence-electron chi connectivity index (χ2n) is 6.78. The molecule has 0 unspecified atom stereocenters. The summed E-state index contributed by atoms with van der Waals surface area (Å²) in [6.07, 6.45) is 1.76. The number of nitrogens with zero attached hydrogens (tertiary/aromatic N) is 1. The second kappa shape index (κ2) is 9.24. The Bertz CT molecular complexity index is 1190. The SMILES string of the molecule is Nc1ccc(Oc2ccc(C=Nc3ccc(Oc4ccc(N)cc4)c(Cl)c3)cc2)cc1. The zero-order chi connectivity index (χ0) is 21.6. The van der Waals surface area contributed by atoms with Crippen LogP contribution in [0.25, 0.3) is 0 Å². The molecule has 5 nitrogen and oxygen atoms in total. The summed E-state index contributed by atoms with van der Waals surface area (Å²) in [5.74, 6) is 2.67. The van der Waals surface area contributed by atoms with Crippen molar-refractivity contribution in [3.8, 4) is 23.0 Å². The second-order valence-corrected chi connectivity index (χ2v) is 7.19. The van der Waals surface area contributed by atoms with Gasteiger partial charge in [-0.05, 0) is 96.6 Å². The highest BCUT2D eigenvalue weighted by Gasteiger charge is 2.04. The van der Waals surface area contributed by atoms with Crippen molar-refractivity contribution in [3.05, 3.63) is 102 Å². The Morgan fingerprint density at radius 1 is 0.645 bits per heavy atom. The van der Waals surface area contributed by atoms with Crippen LogP contribution in [0.3, 0.4) is 0 Å². The summed E-state index contributed by atoms with van der Waals surface area (Å²) in [5.41, 5.74) is 14.4. The largest absolute Gasteiger partial charge is 0.457 e. The Balaban J connectivity index is 1.40. The summed E-state index contributed by atoms with van der Waals surface area (Å²) >= 11 is 6.35. The van der Waals surface area contributed by atoms with Crippen molar-refractivity contribution in [1.29, 1.82) is 0 Å². The molecule has 4 N–H and O–H groups in total. The minimum absolute atomic E-state index is 0.471. The average Bonchev–Trinajstić information content (AvgIpc) is 2.78. The number of hydrogen-bond donors (Lipinski definition) is 2. The van der Waals surface area contributed by atoms with Gasteiger partial charge in [0.05, 0.1) is 10.7 Å². The van der Waals surface area contributed by atoms with Gasteiger partial charge in [0.1, 0.15) is 23.0 Å². The third-order valence-electron chi connectivity index (χ3n) is 4.38. The minimum atomic E-state index is 0.471. The topological polar surface area (TPSA) is 82.9 Å². The highest BCUT2D eigenvalue weighted by Crippen LogP contribution is 2.33. The Labute approximate surface area is 185 Å². The van der Waals surface area contributed by atoms with E-state index in [1.807, 2.05) is 42.5 Å². The first-order valence-corrected chi connectivity index (χ1v) is 9.93. The van der Waals surface area contributed by atoms with Crippen molar-refractivity contribution in [2.45, 2.75) is 0 Å². The lowest BCUT2D eigenvalue weighted by Gasteiger charge is -2.08. The fraction of sp³-hybridized carbons (Fsp3) is 0. The average molecular weight is 430 g/mol. The van der Waals surface area contributed by atoms with Gasteiger partial charge < -0.3 is 20.9 Å². The van der Waals surface area contributed by atoms with Crippen molar-refractivity contribution in [2.24, 2.45) is 4.99 Å². The highest BCUT2D eigenvalue weighted by molar-refractivity contribution is 6.32. The molecule has 4 aromatic rings. The van der Waals surface area contributed by atoms with Crippen LogP contribution in [0.15, 0.2) is 96.0 Å². The summed E-state index contributed by atoms with van der Waals surface area (Å²) < 4.78 is 11.6. The lowest BCUT2D eigenvalue weighted by Crippen LogP contribution is -1.88. The molecule has 0 amide bonds. The number of hydrogen-bond acceptors (Lipinski definition) is 5. The molecular weight excluding hydrogens is 410 g/mol. The number of rotatable bonds is 6. The van der Waals surface area contributed by atoms with Gasteiger partial charge in [0.2, 0.25) is 0 Å². The first-order chi connectivity index (χ1) is 15.0. The van der Waals surface area contributed by atoms with Gasteiger partial charge in [0.25, 0.3) is 0 Å². The van der Waals surface area contributed by atoms with E-state index in [0.717, 1.165) is 22.7 Å². The summed E-state index contributed by atoms with van der Waals surface area (Å²) in [5, 5.41) is 0.471. The first kappa shape index (κ1) is 20.3. The van der Waals surface area contributed by atoms with Crippen LogP contribution in [0, 0.1) is 0 Å². The molecule has 154 valence electrons. The van der Waals surface area contributed by atoms with Gasteiger partial charge in [-0.2, -0.15) is 0 Å². The molecule has 0 saturated heterocycles. The van der Waals surface area contributed by atoms with Gasteiger partial charge in [-0.25, -0.2) is 0 Å². The molecular formula is C25H20ClN3O2. The van der Waals surface area contributed by atoms with E-state index in [9.17, 15) is 0 Å². The molecule has 0 fully saturated rings. The zero-order valence-corrected chi connectivity index (χ0v) is 17.3. The molecule has 0 radical (unpaired) electrons. The quantitative estimate of drug-likeness (QED) is 0.259. The summed E-state index contributed by atoms with van der Waals surface area (Å²) in [6.45, 7) is 0. The van der Waals surface area contributed by atoms with Crippen molar-refractivity contribution in [1.82, 2.24) is 0 Å². The van der Waals surface area contributed by atoms with E-state index in [1.54, 1.807) is 54.7 Å². The fourth-order valence-electron chi connectivity index (χ4n) is 2.76. The van der Waals surface area contributed by atoms with Crippen LogP contribution in [0.2, 0.25) is 5.02 Å². The van der Waals surface area contributed by atoms with Gasteiger partial charge >= 0.3 is 0 Å². The Morgan fingerprint density at radius 3 is 1.71 bits per heavy atom. The molecule has 0 heterocycles. The van der Waals surface area contributed by atoms with E-state index in [2.05, 4.69) is 4.99 Å². The van der Waals surface area contributed by atoms with Gasteiger partial charge in [0, 0.05) is 17.6 Å². The number of benzene rings is 4. The molecule has 0 atom stereocenters. The molecule has 0 bridgehead atoms. The Hall–Kier alpha value is -3.96. The summed E-state index contributed by atoms with van der Waals surface area (Å²) in [7, 11) is 0. The number of anilines is 2. The molecule has 0 aliphatic carbocycles. The van der Waals surface area contributed by atoms with E-state index < -0.39 is 0 Å². The van der Waals surface area contributed by atoms with Crippen molar-refractivity contribution in [3.63, 3.8) is 0 Å². The lowest BCUT2D eigenvalue weighted by molar-refractivity contribution is 0.482. The third-order valence-corrected chi connectivity index (χ3v) is 4.68. The molecule has 0 saturated carbocycles. The molecule has 6 heteroatoms. The maximum absolute atomic E-state index is 6.35. The third kappa shape index (κ3) is 5.56. The minimum Gasteiger partial charge on any atom is -0.457 e. The lowest BCUT2D eigenvalue weighted by atomic mass is 10.2. The highest BCUT2D eigenvalue weighted by atomic mass is 35.5.